The van der Waals surface area contributed by atoms with Crippen molar-refractivity contribution in [3.63, 3.8) is 0 Å². The number of hydrogen-bond acceptors (Lipinski definition) is 5. The number of imidazole rings is 1. The van der Waals surface area contributed by atoms with E-state index in [-0.39, 0.29) is 17.7 Å². The first-order chi connectivity index (χ1) is 14.3. The van der Waals surface area contributed by atoms with Crippen molar-refractivity contribution >= 4 is 17.4 Å². The van der Waals surface area contributed by atoms with Gasteiger partial charge in [0.1, 0.15) is 11.5 Å². The second-order valence-corrected chi connectivity index (χ2v) is 7.30. The highest BCUT2D eigenvalue weighted by atomic mass is 19.4. The molecule has 0 bridgehead atoms. The zero-order valence-corrected chi connectivity index (χ0v) is 15.9. The molecule has 0 radical (unpaired) electrons. The lowest BCUT2D eigenvalue weighted by Gasteiger charge is -2.33. The second kappa shape index (κ2) is 7.94. The standard InChI is InChI=1S/C20H20F3N5O2/c21-20(22,23)16-12-27-17(2-1-3-18(27)26-16)25-14-4-6-15(7-5-14)28(30)19(29)13-8-10-24-11-9-13/h1-3,8-12,14-15,25,30H,4-7H2. The number of carbonyl (C=O) groups is 1. The molecule has 1 amide bonds. The molecule has 3 aromatic heterocycles. The monoisotopic (exact) mass is 419 g/mol. The van der Waals surface area contributed by atoms with Crippen LogP contribution in [-0.4, -0.2) is 42.6 Å². The number of amides is 1. The average Bonchev–Trinajstić information content (AvgIpc) is 3.20. The maximum absolute atomic E-state index is 13.0. The van der Waals surface area contributed by atoms with E-state index in [2.05, 4.69) is 15.3 Å². The fourth-order valence-corrected chi connectivity index (χ4v) is 3.73. The Bertz CT molecular complexity index is 1030. The second-order valence-electron chi connectivity index (χ2n) is 7.30. The molecule has 0 aliphatic heterocycles. The quantitative estimate of drug-likeness (QED) is 0.493. The molecule has 0 aromatic carbocycles. The van der Waals surface area contributed by atoms with E-state index in [0.717, 1.165) is 11.3 Å². The first-order valence-electron chi connectivity index (χ1n) is 9.57. The molecule has 3 heterocycles. The van der Waals surface area contributed by atoms with Gasteiger partial charge in [-0.1, -0.05) is 6.07 Å². The minimum atomic E-state index is -4.51. The van der Waals surface area contributed by atoms with Gasteiger partial charge in [0.05, 0.1) is 6.04 Å². The van der Waals surface area contributed by atoms with Crippen LogP contribution in [0.4, 0.5) is 19.0 Å². The van der Waals surface area contributed by atoms with Crippen LogP contribution in [0.15, 0.2) is 48.9 Å². The predicted molar refractivity (Wildman–Crippen MR) is 102 cm³/mol. The van der Waals surface area contributed by atoms with Crippen LogP contribution in [0.5, 0.6) is 0 Å². The van der Waals surface area contributed by atoms with E-state index in [1.807, 2.05) is 0 Å². The fourth-order valence-electron chi connectivity index (χ4n) is 3.73. The molecule has 10 heteroatoms. The number of rotatable bonds is 4. The van der Waals surface area contributed by atoms with Crippen molar-refractivity contribution in [3.8, 4) is 0 Å². The molecule has 0 saturated heterocycles. The van der Waals surface area contributed by atoms with Crippen molar-refractivity contribution in [1.29, 1.82) is 0 Å². The Balaban J connectivity index is 1.40. The molecular formula is C20H20F3N5O2. The van der Waals surface area contributed by atoms with Crippen LogP contribution in [0.1, 0.15) is 41.7 Å². The van der Waals surface area contributed by atoms with E-state index >= 15 is 0 Å². The molecule has 158 valence electrons. The Hall–Kier alpha value is -3.14. The Kier molecular flexibility index (Phi) is 5.33. The van der Waals surface area contributed by atoms with E-state index in [1.54, 1.807) is 24.3 Å². The van der Waals surface area contributed by atoms with Crippen molar-refractivity contribution < 1.29 is 23.2 Å². The van der Waals surface area contributed by atoms with Crippen LogP contribution < -0.4 is 5.32 Å². The van der Waals surface area contributed by atoms with Crippen molar-refractivity contribution in [2.75, 3.05) is 5.32 Å². The van der Waals surface area contributed by atoms with Gasteiger partial charge in [0.15, 0.2) is 5.69 Å². The zero-order valence-electron chi connectivity index (χ0n) is 15.9. The third-order valence-corrected chi connectivity index (χ3v) is 5.31. The molecule has 1 aliphatic carbocycles. The number of hydroxylamine groups is 2. The summed E-state index contributed by atoms with van der Waals surface area (Å²) in [4.78, 5) is 19.9. The van der Waals surface area contributed by atoms with Gasteiger partial charge in [0.2, 0.25) is 0 Å². The number of nitrogens with one attached hydrogen (secondary N) is 1. The number of fused-ring (bicyclic) bond motifs is 1. The van der Waals surface area contributed by atoms with Crippen molar-refractivity contribution in [2.24, 2.45) is 0 Å². The Morgan fingerprint density at radius 2 is 1.83 bits per heavy atom. The zero-order chi connectivity index (χ0) is 21.3. The van der Waals surface area contributed by atoms with Crippen molar-refractivity contribution in [1.82, 2.24) is 19.4 Å². The molecular weight excluding hydrogens is 399 g/mol. The van der Waals surface area contributed by atoms with E-state index in [4.69, 9.17) is 0 Å². The molecule has 1 fully saturated rings. The highest BCUT2D eigenvalue weighted by Gasteiger charge is 2.34. The lowest BCUT2D eigenvalue weighted by Crippen LogP contribution is -2.42. The summed E-state index contributed by atoms with van der Waals surface area (Å²) in [5, 5.41) is 14.4. The number of hydrogen-bond donors (Lipinski definition) is 2. The maximum Gasteiger partial charge on any atom is 0.434 e. The molecule has 7 nitrogen and oxygen atoms in total. The van der Waals surface area contributed by atoms with Gasteiger partial charge in [-0.05, 0) is 49.9 Å². The SMILES string of the molecule is O=C(c1ccncc1)N(O)C1CCC(Nc2cccc3nc(C(F)(F)F)cn23)CC1. The van der Waals surface area contributed by atoms with E-state index in [1.165, 1.54) is 22.9 Å². The van der Waals surface area contributed by atoms with Crippen LogP contribution in [0, 0.1) is 0 Å². The topological polar surface area (TPSA) is 82.8 Å². The smallest absolute Gasteiger partial charge is 0.368 e. The number of pyridine rings is 2. The van der Waals surface area contributed by atoms with Crippen LogP contribution in [0.3, 0.4) is 0 Å². The highest BCUT2D eigenvalue weighted by Crippen LogP contribution is 2.30. The minimum absolute atomic E-state index is 0.00742. The molecule has 0 atom stereocenters. The van der Waals surface area contributed by atoms with Gasteiger partial charge in [-0.3, -0.25) is 19.4 Å². The number of aromatic nitrogens is 3. The summed E-state index contributed by atoms with van der Waals surface area (Å²) in [6.45, 7) is 0. The number of anilines is 1. The van der Waals surface area contributed by atoms with Crippen LogP contribution >= 0.6 is 0 Å². The largest absolute Gasteiger partial charge is 0.434 e. The van der Waals surface area contributed by atoms with Crippen molar-refractivity contribution in [3.05, 3.63) is 60.2 Å². The minimum Gasteiger partial charge on any atom is -0.368 e. The molecule has 0 spiro atoms. The Morgan fingerprint density at radius 3 is 2.50 bits per heavy atom. The normalized spacial score (nSPS) is 19.6. The first-order valence-corrected chi connectivity index (χ1v) is 9.57. The van der Waals surface area contributed by atoms with E-state index < -0.39 is 17.8 Å². The lowest BCUT2D eigenvalue weighted by molar-refractivity contribution is -0.140. The lowest BCUT2D eigenvalue weighted by atomic mass is 9.90. The van der Waals surface area contributed by atoms with Crippen molar-refractivity contribution in [2.45, 2.75) is 43.9 Å². The van der Waals surface area contributed by atoms with Crippen LogP contribution in [-0.2, 0) is 6.18 Å². The summed E-state index contributed by atoms with van der Waals surface area (Å²) in [6, 6.07) is 7.65. The molecule has 1 saturated carbocycles. The van der Waals surface area contributed by atoms with Gasteiger partial charge in [0, 0.05) is 30.2 Å². The third kappa shape index (κ3) is 4.09. The van der Waals surface area contributed by atoms with Gasteiger partial charge >= 0.3 is 6.18 Å². The molecule has 1 aliphatic rings. The summed E-state index contributed by atoms with van der Waals surface area (Å²) in [5.74, 6) is 0.0457. The molecule has 0 unspecified atom stereocenters. The number of alkyl halides is 3. The van der Waals surface area contributed by atoms with Crippen LogP contribution in [0.25, 0.3) is 5.65 Å². The van der Waals surface area contributed by atoms with Crippen LogP contribution in [0.2, 0.25) is 0 Å². The number of halogens is 3. The predicted octanol–water partition coefficient (Wildman–Crippen LogP) is 4.00. The maximum atomic E-state index is 13.0. The fraction of sp³-hybridized carbons (Fsp3) is 0.350. The summed E-state index contributed by atoms with van der Waals surface area (Å²) in [5.41, 5.74) is -0.364. The van der Waals surface area contributed by atoms with Gasteiger partial charge in [-0.15, -0.1) is 0 Å². The van der Waals surface area contributed by atoms with E-state index in [0.29, 0.717) is 37.1 Å². The number of carbonyl (C=O) groups excluding carboxylic acids is 1. The van der Waals surface area contributed by atoms with Gasteiger partial charge in [0.25, 0.3) is 5.91 Å². The summed E-state index contributed by atoms with van der Waals surface area (Å²) >= 11 is 0. The van der Waals surface area contributed by atoms with E-state index in [9.17, 15) is 23.2 Å². The Morgan fingerprint density at radius 1 is 1.13 bits per heavy atom. The van der Waals surface area contributed by atoms with Gasteiger partial charge < -0.3 is 5.32 Å². The third-order valence-electron chi connectivity index (χ3n) is 5.31. The molecule has 2 N–H and O–H groups in total. The highest BCUT2D eigenvalue weighted by molar-refractivity contribution is 5.93. The van der Waals surface area contributed by atoms with Gasteiger partial charge in [-0.2, -0.15) is 13.2 Å². The molecule has 3 aromatic rings. The molecule has 4 rings (SSSR count). The Labute approximate surface area is 170 Å². The summed E-state index contributed by atoms with van der Waals surface area (Å²) < 4.78 is 40.3. The number of nitrogens with zero attached hydrogens (tertiary/aromatic N) is 4. The van der Waals surface area contributed by atoms with Gasteiger partial charge in [-0.25, -0.2) is 10.0 Å². The first kappa shape index (κ1) is 20.1. The molecule has 30 heavy (non-hydrogen) atoms. The summed E-state index contributed by atoms with van der Waals surface area (Å²) in [7, 11) is 0. The average molecular weight is 419 g/mol. The summed E-state index contributed by atoms with van der Waals surface area (Å²) in [6.07, 6.45) is 1.90.